The van der Waals surface area contributed by atoms with Gasteiger partial charge < -0.3 is 39.8 Å². The average Bonchev–Trinajstić information content (AvgIpc) is 3.75. The molecule has 17 heteroatoms. The highest BCUT2D eigenvalue weighted by molar-refractivity contribution is 6.30. The van der Waals surface area contributed by atoms with Gasteiger partial charge in [0.05, 0.1) is 17.1 Å². The Morgan fingerprint density at radius 2 is 1.72 bits per heavy atom. The van der Waals surface area contributed by atoms with Crippen LogP contribution in [0.2, 0.25) is 5.02 Å². The van der Waals surface area contributed by atoms with Crippen molar-refractivity contribution in [1.82, 2.24) is 25.0 Å². The summed E-state index contributed by atoms with van der Waals surface area (Å²) in [4.78, 5) is 84.3. The van der Waals surface area contributed by atoms with Crippen LogP contribution >= 0.6 is 11.6 Å². The standard InChI is InChI=1S/C41H53ClFN5O10/c1-22(56-36(53)29(45-38(55)58-40(5,6)7)10-8-9-16-44-37(54)57-39(2,3)4)20-47-34(51)31-25-14-17-46(21-23-11-12-28(43)27(42)18-23)33(50)30(25)32(49)35(52)48(31)41(47)15-13-24-19-26(24)41/h11-12,18,22,24,26,29,49H,8-10,13-17,19-21H2,1-7H3,(H,44,54)(H,45,55)/t22-,24-,26+,29-,41+/m0/s1. The van der Waals surface area contributed by atoms with E-state index in [1.54, 1.807) is 53.4 Å². The van der Waals surface area contributed by atoms with Gasteiger partial charge in [-0.15, -0.1) is 0 Å². The minimum atomic E-state index is -1.12. The van der Waals surface area contributed by atoms with E-state index in [-0.39, 0.29) is 72.7 Å². The quantitative estimate of drug-likeness (QED) is 0.138. The molecule has 0 unspecified atom stereocenters. The van der Waals surface area contributed by atoms with Gasteiger partial charge in [0.15, 0.2) is 5.75 Å². The number of halogens is 2. The molecule has 58 heavy (non-hydrogen) atoms. The first-order chi connectivity index (χ1) is 27.1. The maximum atomic E-state index is 14.6. The number of nitrogens with zero attached hydrogens (tertiary/aromatic N) is 3. The molecule has 15 nitrogen and oxygen atoms in total. The number of unbranched alkanes of at least 4 members (excludes halogenated alkanes) is 1. The third-order valence-corrected chi connectivity index (χ3v) is 11.3. The van der Waals surface area contributed by atoms with Crippen molar-refractivity contribution in [1.29, 1.82) is 0 Å². The molecule has 1 aromatic carbocycles. The number of benzene rings is 1. The molecule has 2 saturated carbocycles. The van der Waals surface area contributed by atoms with Gasteiger partial charge >= 0.3 is 18.2 Å². The molecule has 1 spiro atoms. The first-order valence-corrected chi connectivity index (χ1v) is 20.2. The number of hydrogen-bond donors (Lipinski definition) is 3. The predicted octanol–water partition coefficient (Wildman–Crippen LogP) is 5.60. The van der Waals surface area contributed by atoms with Crippen LogP contribution in [-0.4, -0.2) is 92.4 Å². The molecule has 2 aromatic rings. The van der Waals surface area contributed by atoms with Crippen molar-refractivity contribution in [3.63, 3.8) is 0 Å². The number of alkyl carbamates (subject to hydrolysis) is 2. The first-order valence-electron chi connectivity index (χ1n) is 19.8. The summed E-state index contributed by atoms with van der Waals surface area (Å²) in [5, 5.41) is 16.6. The van der Waals surface area contributed by atoms with Crippen LogP contribution < -0.4 is 16.2 Å². The summed E-state index contributed by atoms with van der Waals surface area (Å²) in [5.74, 6) is -3.06. The van der Waals surface area contributed by atoms with E-state index in [4.69, 9.17) is 25.8 Å². The molecule has 316 valence electrons. The van der Waals surface area contributed by atoms with E-state index in [0.29, 0.717) is 24.8 Å². The van der Waals surface area contributed by atoms with E-state index >= 15 is 0 Å². The van der Waals surface area contributed by atoms with E-state index in [0.717, 1.165) is 12.8 Å². The molecule has 4 aliphatic rings. The average molecular weight is 830 g/mol. The van der Waals surface area contributed by atoms with Crippen LogP contribution in [-0.2, 0) is 37.6 Å². The first kappa shape index (κ1) is 42.7. The Morgan fingerprint density at radius 1 is 1.03 bits per heavy atom. The van der Waals surface area contributed by atoms with E-state index in [1.807, 2.05) is 0 Å². The second kappa shape index (κ2) is 16.1. The summed E-state index contributed by atoms with van der Waals surface area (Å²) in [7, 11) is 0. The third kappa shape index (κ3) is 8.76. The van der Waals surface area contributed by atoms with Crippen LogP contribution in [0.3, 0.4) is 0 Å². The Morgan fingerprint density at radius 3 is 2.34 bits per heavy atom. The van der Waals surface area contributed by atoms with Gasteiger partial charge in [0, 0.05) is 31.1 Å². The van der Waals surface area contributed by atoms with Crippen molar-refractivity contribution in [2.45, 2.75) is 129 Å². The van der Waals surface area contributed by atoms with Crippen LogP contribution in [0.5, 0.6) is 5.75 Å². The molecule has 1 aromatic heterocycles. The minimum absolute atomic E-state index is 0.0412. The smallest absolute Gasteiger partial charge is 0.408 e. The fourth-order valence-corrected chi connectivity index (χ4v) is 8.74. The number of amides is 4. The highest BCUT2D eigenvalue weighted by Crippen LogP contribution is 2.64. The number of aromatic nitrogens is 1. The second-order valence-electron chi connectivity index (χ2n) is 17.7. The van der Waals surface area contributed by atoms with Gasteiger partial charge in [-0.2, -0.15) is 0 Å². The topological polar surface area (TPSA) is 186 Å². The number of pyridine rings is 1. The number of ether oxygens (including phenoxy) is 3. The summed E-state index contributed by atoms with van der Waals surface area (Å²) in [6.07, 6.45) is 0.846. The lowest BCUT2D eigenvalue weighted by molar-refractivity contribution is -0.152. The van der Waals surface area contributed by atoms with Crippen molar-refractivity contribution in [2.75, 3.05) is 19.6 Å². The molecule has 2 aliphatic heterocycles. The number of carbonyl (C=O) groups is 5. The zero-order valence-corrected chi connectivity index (χ0v) is 34.8. The van der Waals surface area contributed by atoms with Crippen LogP contribution in [0.25, 0.3) is 0 Å². The van der Waals surface area contributed by atoms with E-state index < -0.39 is 76.1 Å². The largest absolute Gasteiger partial charge is 0.502 e. The molecule has 0 radical (unpaired) electrons. The summed E-state index contributed by atoms with van der Waals surface area (Å²) in [6.45, 7) is 12.3. The Kier molecular flexibility index (Phi) is 11.8. The van der Waals surface area contributed by atoms with Gasteiger partial charge in [-0.1, -0.05) is 17.7 Å². The number of nitrogens with one attached hydrogen (secondary N) is 2. The Bertz CT molecular complexity index is 2060. The fourth-order valence-electron chi connectivity index (χ4n) is 8.54. The summed E-state index contributed by atoms with van der Waals surface area (Å²) >= 11 is 5.97. The van der Waals surface area contributed by atoms with E-state index in [2.05, 4.69) is 10.6 Å². The molecular weight excluding hydrogens is 777 g/mol. The molecule has 3 N–H and O–H groups in total. The molecule has 0 saturated heterocycles. The Balaban J connectivity index is 1.20. The van der Waals surface area contributed by atoms with Crippen LogP contribution in [0, 0.1) is 17.7 Å². The highest BCUT2D eigenvalue weighted by atomic mass is 35.5. The molecule has 2 fully saturated rings. The molecule has 2 aliphatic carbocycles. The fraction of sp³-hybridized carbons (Fsp3) is 0.610. The maximum absolute atomic E-state index is 14.6. The van der Waals surface area contributed by atoms with Gasteiger partial charge in [-0.3, -0.25) is 19.0 Å². The molecule has 3 heterocycles. The minimum Gasteiger partial charge on any atom is -0.502 e. The Labute approximate surface area is 341 Å². The SMILES string of the molecule is C[C@@H](CN1C(=O)c2c3c(c(O)c(=O)n2[C@@]12CC[C@H]1C[C@H]12)C(=O)N(Cc1ccc(F)c(Cl)c1)CC3)OC(=O)[C@H](CCCCNC(=O)OC(C)(C)C)NC(=O)OC(C)(C)C. The van der Waals surface area contributed by atoms with Gasteiger partial charge in [0.25, 0.3) is 17.4 Å². The van der Waals surface area contributed by atoms with Gasteiger partial charge in [-0.05, 0) is 117 Å². The number of rotatable bonds is 12. The molecule has 4 amide bonds. The van der Waals surface area contributed by atoms with Gasteiger partial charge in [-0.25, -0.2) is 18.8 Å². The lowest BCUT2D eigenvalue weighted by atomic mass is 9.95. The van der Waals surface area contributed by atoms with Gasteiger partial charge in [0.1, 0.15) is 40.5 Å². The van der Waals surface area contributed by atoms with Crippen molar-refractivity contribution < 1.29 is 47.7 Å². The zero-order chi connectivity index (χ0) is 42.5. The molecular formula is C41H53ClFN5O10. The highest BCUT2D eigenvalue weighted by Gasteiger charge is 2.67. The number of carbonyl (C=O) groups excluding carboxylic acids is 5. The number of fused-ring (bicyclic) bond motifs is 6. The molecule has 6 rings (SSSR count). The van der Waals surface area contributed by atoms with Crippen molar-refractivity contribution in [2.24, 2.45) is 11.8 Å². The number of esters is 1. The zero-order valence-electron chi connectivity index (χ0n) is 34.0. The molecule has 5 atom stereocenters. The number of aromatic hydroxyl groups is 1. The summed E-state index contributed by atoms with van der Waals surface area (Å²) in [6, 6.07) is 2.98. The lowest BCUT2D eigenvalue weighted by Crippen LogP contribution is -2.53. The van der Waals surface area contributed by atoms with Crippen molar-refractivity contribution in [3.05, 3.63) is 61.8 Å². The van der Waals surface area contributed by atoms with Crippen molar-refractivity contribution in [3.8, 4) is 5.75 Å². The van der Waals surface area contributed by atoms with E-state index in [1.165, 1.54) is 27.7 Å². The van der Waals surface area contributed by atoms with Crippen LogP contribution in [0.1, 0.15) is 119 Å². The van der Waals surface area contributed by atoms with Crippen LogP contribution in [0.4, 0.5) is 14.0 Å². The summed E-state index contributed by atoms with van der Waals surface area (Å²) in [5.41, 5.74) is -2.82. The second-order valence-corrected chi connectivity index (χ2v) is 18.1. The summed E-state index contributed by atoms with van der Waals surface area (Å²) < 4.78 is 31.8. The third-order valence-electron chi connectivity index (χ3n) is 11.0. The number of hydrogen-bond acceptors (Lipinski definition) is 10. The molecule has 0 bridgehead atoms. The predicted molar refractivity (Wildman–Crippen MR) is 209 cm³/mol. The van der Waals surface area contributed by atoms with Gasteiger partial charge in [0.2, 0.25) is 0 Å². The van der Waals surface area contributed by atoms with Crippen molar-refractivity contribution >= 4 is 41.6 Å². The Hall–Kier alpha value is -4.86. The van der Waals surface area contributed by atoms with E-state index in [9.17, 15) is 38.3 Å². The monoisotopic (exact) mass is 829 g/mol. The van der Waals surface area contributed by atoms with Crippen LogP contribution in [0.15, 0.2) is 23.0 Å². The maximum Gasteiger partial charge on any atom is 0.408 e. The lowest BCUT2D eigenvalue weighted by Gasteiger charge is -2.39. The normalized spacial score (nSPS) is 21.9.